The molecule has 3 rings (SSSR count). The number of aromatic amines is 1. The first-order chi connectivity index (χ1) is 11.6. The summed E-state index contributed by atoms with van der Waals surface area (Å²) in [5.74, 6) is 0.524. The van der Waals surface area contributed by atoms with Crippen LogP contribution in [0, 0.1) is 0 Å². The van der Waals surface area contributed by atoms with Crippen LogP contribution in [0.2, 0.25) is 0 Å². The molecule has 0 radical (unpaired) electrons. The highest BCUT2D eigenvalue weighted by atomic mass is 16.5. The minimum Gasteiger partial charge on any atom is -0.485 e. The van der Waals surface area contributed by atoms with E-state index in [1.807, 2.05) is 24.3 Å². The van der Waals surface area contributed by atoms with E-state index in [1.165, 1.54) is 17.2 Å². The standard InChI is InChI=1S/C18H21N3O3/c1-3-21-12-13(24-16-9-5-4-8-15(16)21)11-20(2)18(23)14-7-6-10-19-17(14)22/h4-10,13H,3,11-12H2,1-2H3,(H,19,22)/t13-/m0/s1. The number of nitrogens with zero attached hydrogens (tertiary/aromatic N) is 2. The number of amides is 1. The Hall–Kier alpha value is -2.76. The molecule has 126 valence electrons. The number of pyridine rings is 1. The monoisotopic (exact) mass is 327 g/mol. The summed E-state index contributed by atoms with van der Waals surface area (Å²) >= 11 is 0. The number of hydrogen-bond acceptors (Lipinski definition) is 4. The lowest BCUT2D eigenvalue weighted by Crippen LogP contribution is -2.47. The van der Waals surface area contributed by atoms with Crippen LogP contribution in [0.1, 0.15) is 17.3 Å². The van der Waals surface area contributed by atoms with Gasteiger partial charge in [-0.3, -0.25) is 9.59 Å². The Balaban J connectivity index is 1.74. The summed E-state index contributed by atoms with van der Waals surface area (Å²) in [6.45, 7) is 4.08. The third-order valence-electron chi connectivity index (χ3n) is 4.18. The van der Waals surface area contributed by atoms with Gasteiger partial charge in [-0.15, -0.1) is 0 Å². The number of para-hydroxylation sites is 2. The van der Waals surface area contributed by atoms with Gasteiger partial charge in [0.05, 0.1) is 18.8 Å². The molecule has 6 heteroatoms. The number of fused-ring (bicyclic) bond motifs is 1. The van der Waals surface area contributed by atoms with Crippen molar-refractivity contribution in [2.75, 3.05) is 31.6 Å². The zero-order chi connectivity index (χ0) is 17.1. The van der Waals surface area contributed by atoms with Crippen LogP contribution >= 0.6 is 0 Å². The lowest BCUT2D eigenvalue weighted by molar-refractivity contribution is 0.0708. The summed E-state index contributed by atoms with van der Waals surface area (Å²) in [7, 11) is 1.69. The number of carbonyl (C=O) groups excluding carboxylic acids is 1. The SMILES string of the molecule is CCN1C[C@H](CN(C)C(=O)c2ccc[nH]c2=O)Oc2ccccc21. The van der Waals surface area contributed by atoms with Gasteiger partial charge in [-0.1, -0.05) is 12.1 Å². The van der Waals surface area contributed by atoms with E-state index >= 15 is 0 Å². The number of nitrogens with one attached hydrogen (secondary N) is 1. The van der Waals surface area contributed by atoms with Gasteiger partial charge >= 0.3 is 0 Å². The molecular formula is C18H21N3O3. The number of ether oxygens (including phenoxy) is 1. The fourth-order valence-electron chi connectivity index (χ4n) is 2.96. The summed E-state index contributed by atoms with van der Waals surface area (Å²) < 4.78 is 6.03. The van der Waals surface area contributed by atoms with Crippen molar-refractivity contribution in [3.63, 3.8) is 0 Å². The Labute approximate surface area is 140 Å². The van der Waals surface area contributed by atoms with Gasteiger partial charge in [-0.05, 0) is 31.2 Å². The number of rotatable bonds is 4. The molecule has 0 saturated carbocycles. The van der Waals surface area contributed by atoms with Crippen molar-refractivity contribution in [2.45, 2.75) is 13.0 Å². The predicted octanol–water partition coefficient (Wildman–Crippen LogP) is 1.73. The molecule has 2 aromatic rings. The number of anilines is 1. The van der Waals surface area contributed by atoms with Crippen LogP contribution in [0.5, 0.6) is 5.75 Å². The number of aromatic nitrogens is 1. The van der Waals surface area contributed by atoms with Crippen molar-refractivity contribution >= 4 is 11.6 Å². The largest absolute Gasteiger partial charge is 0.485 e. The number of carbonyl (C=O) groups is 1. The molecule has 0 unspecified atom stereocenters. The molecule has 0 spiro atoms. The first kappa shape index (κ1) is 16.1. The van der Waals surface area contributed by atoms with E-state index < -0.39 is 0 Å². The highest BCUT2D eigenvalue weighted by Crippen LogP contribution is 2.32. The molecular weight excluding hydrogens is 306 g/mol. The van der Waals surface area contributed by atoms with Crippen LogP contribution in [0.3, 0.4) is 0 Å². The minimum absolute atomic E-state index is 0.142. The zero-order valence-corrected chi connectivity index (χ0v) is 13.9. The quantitative estimate of drug-likeness (QED) is 0.929. The van der Waals surface area contributed by atoms with E-state index in [0.29, 0.717) is 13.1 Å². The minimum atomic E-state index is -0.376. The van der Waals surface area contributed by atoms with Crippen LogP contribution in [0.15, 0.2) is 47.4 Å². The van der Waals surface area contributed by atoms with Crippen molar-refractivity contribution < 1.29 is 9.53 Å². The number of likely N-dealkylation sites (N-methyl/N-ethyl adjacent to an activating group) is 2. The summed E-state index contributed by atoms with van der Waals surface area (Å²) in [6, 6.07) is 11.1. The Morgan fingerprint density at radius 1 is 1.33 bits per heavy atom. The van der Waals surface area contributed by atoms with Gasteiger partial charge in [-0.2, -0.15) is 0 Å². The maximum Gasteiger partial charge on any atom is 0.260 e. The molecule has 1 aromatic carbocycles. The van der Waals surface area contributed by atoms with Crippen LogP contribution < -0.4 is 15.2 Å². The predicted molar refractivity (Wildman–Crippen MR) is 92.8 cm³/mol. The van der Waals surface area contributed by atoms with Gasteiger partial charge in [0.1, 0.15) is 17.4 Å². The molecule has 1 N–H and O–H groups in total. The van der Waals surface area contributed by atoms with E-state index in [1.54, 1.807) is 13.1 Å². The lowest BCUT2D eigenvalue weighted by Gasteiger charge is -2.37. The maximum atomic E-state index is 12.5. The average molecular weight is 327 g/mol. The summed E-state index contributed by atoms with van der Waals surface area (Å²) in [4.78, 5) is 30.5. The average Bonchev–Trinajstić information content (AvgIpc) is 2.60. The van der Waals surface area contributed by atoms with Crippen LogP contribution in [0.25, 0.3) is 0 Å². The van der Waals surface area contributed by atoms with Gasteiger partial charge in [0.15, 0.2) is 0 Å². The first-order valence-corrected chi connectivity index (χ1v) is 8.04. The Morgan fingerprint density at radius 3 is 2.88 bits per heavy atom. The van der Waals surface area contributed by atoms with E-state index in [-0.39, 0.29) is 23.1 Å². The van der Waals surface area contributed by atoms with Crippen molar-refractivity contribution in [1.29, 1.82) is 0 Å². The van der Waals surface area contributed by atoms with Gasteiger partial charge < -0.3 is 19.5 Å². The van der Waals surface area contributed by atoms with Crippen molar-refractivity contribution in [3.8, 4) is 5.75 Å². The van der Waals surface area contributed by atoms with E-state index in [4.69, 9.17) is 4.74 Å². The third kappa shape index (κ3) is 3.13. The molecule has 1 atom stereocenters. The van der Waals surface area contributed by atoms with Gasteiger partial charge in [0.25, 0.3) is 11.5 Å². The molecule has 0 fully saturated rings. The Morgan fingerprint density at radius 2 is 2.12 bits per heavy atom. The second-order valence-corrected chi connectivity index (χ2v) is 5.84. The fourth-order valence-corrected chi connectivity index (χ4v) is 2.96. The summed E-state index contributed by atoms with van der Waals surface area (Å²) in [5, 5.41) is 0. The van der Waals surface area contributed by atoms with Crippen molar-refractivity contribution in [2.24, 2.45) is 0 Å². The molecule has 0 saturated heterocycles. The fraction of sp³-hybridized carbons (Fsp3) is 0.333. The van der Waals surface area contributed by atoms with Gasteiger partial charge in [0.2, 0.25) is 0 Å². The second kappa shape index (κ2) is 6.78. The number of hydrogen-bond donors (Lipinski definition) is 1. The topological polar surface area (TPSA) is 65.6 Å². The molecule has 1 aromatic heterocycles. The van der Waals surface area contributed by atoms with Crippen LogP contribution in [0.4, 0.5) is 5.69 Å². The summed E-state index contributed by atoms with van der Waals surface area (Å²) in [5.41, 5.74) is 0.840. The van der Waals surface area contributed by atoms with Gasteiger partial charge in [0, 0.05) is 19.8 Å². The lowest BCUT2D eigenvalue weighted by atomic mass is 10.1. The zero-order valence-electron chi connectivity index (χ0n) is 13.9. The Kier molecular flexibility index (Phi) is 4.55. The molecule has 1 aliphatic heterocycles. The number of benzene rings is 1. The molecule has 6 nitrogen and oxygen atoms in total. The normalized spacial score (nSPS) is 16.2. The molecule has 1 amide bonds. The van der Waals surface area contributed by atoms with Crippen molar-refractivity contribution in [3.05, 3.63) is 58.5 Å². The molecule has 0 aliphatic carbocycles. The second-order valence-electron chi connectivity index (χ2n) is 5.84. The smallest absolute Gasteiger partial charge is 0.260 e. The first-order valence-electron chi connectivity index (χ1n) is 8.04. The molecule has 2 heterocycles. The molecule has 0 bridgehead atoms. The molecule has 1 aliphatic rings. The molecule has 24 heavy (non-hydrogen) atoms. The highest BCUT2D eigenvalue weighted by Gasteiger charge is 2.27. The third-order valence-corrected chi connectivity index (χ3v) is 4.18. The van der Waals surface area contributed by atoms with Crippen molar-refractivity contribution in [1.82, 2.24) is 9.88 Å². The van der Waals surface area contributed by atoms with E-state index in [2.05, 4.69) is 16.8 Å². The summed E-state index contributed by atoms with van der Waals surface area (Å²) in [6.07, 6.45) is 1.37. The Bertz CT molecular complexity index is 787. The van der Waals surface area contributed by atoms with Gasteiger partial charge in [-0.25, -0.2) is 0 Å². The van der Waals surface area contributed by atoms with E-state index in [9.17, 15) is 9.59 Å². The highest BCUT2D eigenvalue weighted by molar-refractivity contribution is 5.93. The maximum absolute atomic E-state index is 12.5. The van der Waals surface area contributed by atoms with Crippen LogP contribution in [-0.4, -0.2) is 48.6 Å². The van der Waals surface area contributed by atoms with E-state index in [0.717, 1.165) is 18.0 Å². The van der Waals surface area contributed by atoms with Crippen LogP contribution in [-0.2, 0) is 0 Å². The number of H-pyrrole nitrogens is 1.